The van der Waals surface area contributed by atoms with E-state index in [0.29, 0.717) is 0 Å². The van der Waals surface area contributed by atoms with Gasteiger partial charge in [0.2, 0.25) is 5.91 Å². The van der Waals surface area contributed by atoms with Crippen molar-refractivity contribution in [2.45, 2.75) is 16.6 Å². The molecule has 2 N–H and O–H groups in total. The molecule has 0 aliphatic rings. The second-order valence-corrected chi connectivity index (χ2v) is 6.08. The quantitative estimate of drug-likeness (QED) is 0.637. The third-order valence-electron chi connectivity index (χ3n) is 1.72. The summed E-state index contributed by atoms with van der Waals surface area (Å²) < 4.78 is 23.2. The molecular formula is C9H11BrN2O3S. The predicted molar refractivity (Wildman–Crippen MR) is 63.3 cm³/mol. The SMILES string of the molecule is CC(Br)C(=O)NNS(=O)(=O)c1ccccc1. The minimum Gasteiger partial charge on any atom is -0.277 e. The van der Waals surface area contributed by atoms with Gasteiger partial charge in [-0.15, -0.1) is 4.83 Å². The fourth-order valence-corrected chi connectivity index (χ4v) is 1.86. The third-order valence-corrected chi connectivity index (χ3v) is 3.40. The highest BCUT2D eigenvalue weighted by Gasteiger charge is 2.15. The lowest BCUT2D eigenvalue weighted by atomic mass is 10.4. The van der Waals surface area contributed by atoms with Gasteiger partial charge in [0.15, 0.2) is 0 Å². The van der Waals surface area contributed by atoms with Crippen molar-refractivity contribution in [2.75, 3.05) is 0 Å². The fourth-order valence-electron chi connectivity index (χ4n) is 0.875. The van der Waals surface area contributed by atoms with Gasteiger partial charge in [0.05, 0.1) is 9.72 Å². The molecule has 0 aliphatic heterocycles. The number of nitrogens with one attached hydrogen (secondary N) is 2. The summed E-state index contributed by atoms with van der Waals surface area (Å²) in [6.07, 6.45) is 0. The Labute approximate surface area is 102 Å². The number of rotatable bonds is 4. The molecule has 1 amide bonds. The molecule has 1 atom stereocenters. The summed E-state index contributed by atoms with van der Waals surface area (Å²) >= 11 is 3.02. The largest absolute Gasteiger partial charge is 0.277 e. The lowest BCUT2D eigenvalue weighted by molar-refractivity contribution is -0.120. The zero-order valence-electron chi connectivity index (χ0n) is 8.48. The van der Waals surface area contributed by atoms with E-state index in [-0.39, 0.29) is 4.90 Å². The van der Waals surface area contributed by atoms with Crippen molar-refractivity contribution in [3.05, 3.63) is 30.3 Å². The number of hydrogen-bond acceptors (Lipinski definition) is 3. The zero-order chi connectivity index (χ0) is 12.2. The van der Waals surface area contributed by atoms with Crippen LogP contribution in [0.25, 0.3) is 0 Å². The number of carbonyl (C=O) groups excluding carboxylic acids is 1. The van der Waals surface area contributed by atoms with Crippen LogP contribution in [-0.4, -0.2) is 19.2 Å². The first-order valence-electron chi connectivity index (χ1n) is 4.44. The molecule has 1 aromatic rings. The molecule has 0 saturated carbocycles. The number of sulfonamides is 1. The number of benzene rings is 1. The molecule has 0 heterocycles. The van der Waals surface area contributed by atoms with Gasteiger partial charge in [-0.3, -0.25) is 10.2 Å². The van der Waals surface area contributed by atoms with Gasteiger partial charge in [-0.1, -0.05) is 34.1 Å². The van der Waals surface area contributed by atoms with Gasteiger partial charge in [-0.2, -0.15) is 0 Å². The lowest BCUT2D eigenvalue weighted by Gasteiger charge is -2.09. The number of hydrogen-bond donors (Lipinski definition) is 2. The summed E-state index contributed by atoms with van der Waals surface area (Å²) in [5.41, 5.74) is 2.10. The average Bonchev–Trinajstić information content (AvgIpc) is 2.27. The van der Waals surface area contributed by atoms with Crippen LogP contribution in [0.15, 0.2) is 35.2 Å². The van der Waals surface area contributed by atoms with Crippen molar-refractivity contribution >= 4 is 31.9 Å². The van der Waals surface area contributed by atoms with Crippen LogP contribution in [0.1, 0.15) is 6.92 Å². The second kappa shape index (κ2) is 5.42. The van der Waals surface area contributed by atoms with E-state index >= 15 is 0 Å². The molecule has 0 spiro atoms. The smallest absolute Gasteiger partial charge is 0.257 e. The molecule has 7 heteroatoms. The van der Waals surface area contributed by atoms with Crippen LogP contribution >= 0.6 is 15.9 Å². The van der Waals surface area contributed by atoms with Gasteiger partial charge in [0.1, 0.15) is 0 Å². The van der Waals surface area contributed by atoms with Crippen LogP contribution < -0.4 is 10.3 Å². The Morgan fingerprint density at radius 2 is 1.88 bits per heavy atom. The zero-order valence-corrected chi connectivity index (χ0v) is 10.9. The molecular weight excluding hydrogens is 296 g/mol. The van der Waals surface area contributed by atoms with Crippen LogP contribution in [0, 0.1) is 0 Å². The van der Waals surface area contributed by atoms with E-state index in [1.165, 1.54) is 12.1 Å². The maximum absolute atomic E-state index is 11.6. The fraction of sp³-hybridized carbons (Fsp3) is 0.222. The minimum atomic E-state index is -3.69. The van der Waals surface area contributed by atoms with Gasteiger partial charge in [0, 0.05) is 0 Å². The average molecular weight is 307 g/mol. The second-order valence-electron chi connectivity index (χ2n) is 3.02. The van der Waals surface area contributed by atoms with Gasteiger partial charge < -0.3 is 0 Å². The van der Waals surface area contributed by atoms with Gasteiger partial charge in [-0.25, -0.2) is 8.42 Å². The summed E-state index contributed by atoms with van der Waals surface area (Å²) in [5, 5.41) is 0. The molecule has 0 aromatic heterocycles. The molecule has 1 rings (SSSR count). The summed E-state index contributed by atoms with van der Waals surface area (Å²) in [5.74, 6) is -0.459. The maximum Gasteiger partial charge on any atom is 0.257 e. The number of halogens is 1. The number of amides is 1. The van der Waals surface area contributed by atoms with E-state index in [2.05, 4.69) is 21.4 Å². The highest BCUT2D eigenvalue weighted by Crippen LogP contribution is 2.06. The Hall–Kier alpha value is -0.920. The van der Waals surface area contributed by atoms with E-state index in [1.807, 2.05) is 4.83 Å². The molecule has 1 unspecified atom stereocenters. The molecule has 5 nitrogen and oxygen atoms in total. The van der Waals surface area contributed by atoms with E-state index in [9.17, 15) is 13.2 Å². The molecule has 0 fully saturated rings. The number of alkyl halides is 1. The molecule has 88 valence electrons. The first-order chi connectivity index (χ1) is 7.43. The van der Waals surface area contributed by atoms with Crippen LogP contribution in [0.5, 0.6) is 0 Å². The maximum atomic E-state index is 11.6. The van der Waals surface area contributed by atoms with E-state index in [1.54, 1.807) is 25.1 Å². The summed E-state index contributed by atoms with van der Waals surface area (Å²) in [4.78, 5) is 12.8. The molecule has 0 bridgehead atoms. The summed E-state index contributed by atoms with van der Waals surface area (Å²) in [7, 11) is -3.69. The van der Waals surface area contributed by atoms with Crippen LogP contribution in [0.3, 0.4) is 0 Å². The van der Waals surface area contributed by atoms with Crippen LogP contribution in [0.4, 0.5) is 0 Å². The van der Waals surface area contributed by atoms with E-state index in [4.69, 9.17) is 0 Å². The van der Waals surface area contributed by atoms with Crippen molar-refractivity contribution in [1.82, 2.24) is 10.3 Å². The summed E-state index contributed by atoms with van der Waals surface area (Å²) in [6.45, 7) is 1.59. The van der Waals surface area contributed by atoms with Crippen molar-refractivity contribution in [2.24, 2.45) is 0 Å². The van der Waals surface area contributed by atoms with Gasteiger partial charge in [0.25, 0.3) is 10.0 Å². The monoisotopic (exact) mass is 306 g/mol. The first kappa shape index (κ1) is 13.1. The third kappa shape index (κ3) is 3.58. The van der Waals surface area contributed by atoms with Crippen molar-refractivity contribution in [3.8, 4) is 0 Å². The lowest BCUT2D eigenvalue weighted by Crippen LogP contribution is -2.44. The topological polar surface area (TPSA) is 75.3 Å². The Bertz CT molecular complexity index is 459. The van der Waals surface area contributed by atoms with Crippen LogP contribution in [0.2, 0.25) is 0 Å². The van der Waals surface area contributed by atoms with Crippen molar-refractivity contribution in [3.63, 3.8) is 0 Å². The van der Waals surface area contributed by atoms with Crippen molar-refractivity contribution < 1.29 is 13.2 Å². The highest BCUT2D eigenvalue weighted by molar-refractivity contribution is 9.10. The van der Waals surface area contributed by atoms with Gasteiger partial charge in [-0.05, 0) is 19.1 Å². The summed E-state index contributed by atoms with van der Waals surface area (Å²) in [6, 6.07) is 7.78. The minimum absolute atomic E-state index is 0.0949. The number of hydrazine groups is 1. The Balaban J connectivity index is 2.71. The van der Waals surface area contributed by atoms with E-state index < -0.39 is 20.8 Å². The Morgan fingerprint density at radius 1 is 1.31 bits per heavy atom. The molecule has 16 heavy (non-hydrogen) atoms. The predicted octanol–water partition coefficient (Wildman–Crippen LogP) is 0.779. The standard InChI is InChI=1S/C9H11BrN2O3S/c1-7(10)9(13)11-12-16(14,15)8-5-3-2-4-6-8/h2-7,12H,1H3,(H,11,13). The Morgan fingerprint density at radius 3 is 2.38 bits per heavy atom. The number of carbonyl (C=O) groups is 1. The van der Waals surface area contributed by atoms with Crippen molar-refractivity contribution in [1.29, 1.82) is 0 Å². The van der Waals surface area contributed by atoms with Gasteiger partial charge >= 0.3 is 0 Å². The molecule has 0 aliphatic carbocycles. The van der Waals surface area contributed by atoms with Crippen LogP contribution in [-0.2, 0) is 14.8 Å². The van der Waals surface area contributed by atoms with E-state index in [0.717, 1.165) is 0 Å². The molecule has 0 saturated heterocycles. The molecule has 1 aromatic carbocycles. The Kier molecular flexibility index (Phi) is 4.45. The molecule has 0 radical (unpaired) electrons. The first-order valence-corrected chi connectivity index (χ1v) is 6.84. The highest BCUT2D eigenvalue weighted by atomic mass is 79.9. The normalized spacial score (nSPS) is 13.1.